The number of amides is 2. The van der Waals surface area contributed by atoms with Crippen LogP contribution >= 0.6 is 23.4 Å². The number of halogens is 1. The number of hydrogen-bond acceptors (Lipinski definition) is 7. The number of esters is 1. The van der Waals surface area contributed by atoms with Crippen molar-refractivity contribution in [1.29, 1.82) is 0 Å². The lowest BCUT2D eigenvalue weighted by Gasteiger charge is -2.12. The zero-order chi connectivity index (χ0) is 20.3. The Labute approximate surface area is 169 Å². The van der Waals surface area contributed by atoms with Crippen LogP contribution in [0.5, 0.6) is 17.2 Å². The number of ether oxygens (including phenoxy) is 3. The monoisotopic (exact) mass is 419 g/mol. The minimum atomic E-state index is -0.504. The molecule has 0 unspecified atom stereocenters. The summed E-state index contributed by atoms with van der Waals surface area (Å²) in [5, 5.41) is 2.02. The second-order valence-electron chi connectivity index (χ2n) is 5.50. The molecule has 2 aromatic rings. The molecule has 0 atom stereocenters. The molecule has 9 heteroatoms. The predicted octanol–water partition coefficient (Wildman–Crippen LogP) is 4.25. The molecular weight excluding hydrogens is 406 g/mol. The highest BCUT2D eigenvalue weighted by Crippen LogP contribution is 2.37. The molecule has 1 heterocycles. The number of methoxy groups -OCH3 is 2. The number of benzene rings is 2. The molecule has 0 aromatic heterocycles. The molecule has 1 aliphatic heterocycles. The van der Waals surface area contributed by atoms with Crippen molar-refractivity contribution in [2.45, 2.75) is 0 Å². The summed E-state index contributed by atoms with van der Waals surface area (Å²) in [6.45, 7) is 0. The molecule has 1 fully saturated rings. The average molecular weight is 420 g/mol. The highest BCUT2D eigenvalue weighted by atomic mass is 35.5. The van der Waals surface area contributed by atoms with Gasteiger partial charge in [0.1, 0.15) is 5.75 Å². The first-order valence-corrected chi connectivity index (χ1v) is 9.09. The Hall–Kier alpha value is -2.97. The van der Waals surface area contributed by atoms with Crippen molar-refractivity contribution in [1.82, 2.24) is 5.32 Å². The number of nitrogens with one attached hydrogen (secondary N) is 1. The molecular formula is C19H14ClNO6S. The summed E-state index contributed by atoms with van der Waals surface area (Å²) in [5.41, 5.74) is 0.958. The lowest BCUT2D eigenvalue weighted by Crippen LogP contribution is -2.17. The second kappa shape index (κ2) is 8.37. The third kappa shape index (κ3) is 4.29. The summed E-state index contributed by atoms with van der Waals surface area (Å²) in [4.78, 5) is 34.8. The highest BCUT2D eigenvalue weighted by Gasteiger charge is 2.25. The van der Waals surface area contributed by atoms with E-state index in [4.69, 9.17) is 21.1 Å². The van der Waals surface area contributed by atoms with Crippen LogP contribution < -0.4 is 14.8 Å². The third-order valence-corrected chi connectivity index (χ3v) is 4.81. The van der Waals surface area contributed by atoms with E-state index in [1.165, 1.54) is 26.4 Å². The maximum Gasteiger partial charge on any atom is 0.337 e. The molecule has 0 bridgehead atoms. The van der Waals surface area contributed by atoms with Crippen molar-refractivity contribution in [3.05, 3.63) is 57.5 Å². The van der Waals surface area contributed by atoms with Gasteiger partial charge in [0.25, 0.3) is 11.1 Å². The van der Waals surface area contributed by atoms with E-state index in [2.05, 4.69) is 10.1 Å². The normalized spacial score (nSPS) is 14.8. The third-order valence-electron chi connectivity index (χ3n) is 3.70. The topological polar surface area (TPSA) is 90.9 Å². The molecule has 1 aliphatic rings. The van der Waals surface area contributed by atoms with E-state index in [1.807, 2.05) is 0 Å². The van der Waals surface area contributed by atoms with Crippen LogP contribution in [0.2, 0.25) is 5.02 Å². The Balaban J connectivity index is 1.85. The van der Waals surface area contributed by atoms with Gasteiger partial charge in [0.05, 0.1) is 29.7 Å². The molecule has 2 amide bonds. The molecule has 0 spiro atoms. The minimum Gasteiger partial charge on any atom is -0.493 e. The lowest BCUT2D eigenvalue weighted by atomic mass is 10.1. The van der Waals surface area contributed by atoms with E-state index < -0.39 is 17.1 Å². The first-order chi connectivity index (χ1) is 13.4. The molecule has 1 saturated heterocycles. The number of imide groups is 1. The predicted molar refractivity (Wildman–Crippen MR) is 105 cm³/mol. The first-order valence-electron chi connectivity index (χ1n) is 7.90. The summed E-state index contributed by atoms with van der Waals surface area (Å²) < 4.78 is 15.8. The zero-order valence-corrected chi connectivity index (χ0v) is 16.3. The molecule has 7 nitrogen and oxygen atoms in total. The van der Waals surface area contributed by atoms with E-state index in [-0.39, 0.29) is 5.02 Å². The van der Waals surface area contributed by atoms with Crippen molar-refractivity contribution >= 4 is 46.6 Å². The van der Waals surface area contributed by atoms with Crippen LogP contribution in [0.25, 0.3) is 6.08 Å². The van der Waals surface area contributed by atoms with Crippen LogP contribution in [0.15, 0.2) is 41.3 Å². The number of rotatable bonds is 5. The van der Waals surface area contributed by atoms with Gasteiger partial charge >= 0.3 is 5.97 Å². The van der Waals surface area contributed by atoms with Gasteiger partial charge in [0, 0.05) is 0 Å². The Morgan fingerprint density at radius 2 is 1.82 bits per heavy atom. The zero-order valence-electron chi connectivity index (χ0n) is 14.8. The smallest absolute Gasteiger partial charge is 0.337 e. The Kier molecular flexibility index (Phi) is 5.91. The van der Waals surface area contributed by atoms with Crippen molar-refractivity contribution in [3.63, 3.8) is 0 Å². The molecule has 144 valence electrons. The lowest BCUT2D eigenvalue weighted by molar-refractivity contribution is -0.115. The van der Waals surface area contributed by atoms with Gasteiger partial charge in [-0.15, -0.1) is 0 Å². The van der Waals surface area contributed by atoms with Crippen molar-refractivity contribution in [2.24, 2.45) is 0 Å². The van der Waals surface area contributed by atoms with Crippen LogP contribution in [0.1, 0.15) is 15.9 Å². The number of hydrogen-bond donors (Lipinski definition) is 1. The summed E-state index contributed by atoms with van der Waals surface area (Å²) in [6.07, 6.45) is 1.58. The van der Waals surface area contributed by atoms with Crippen LogP contribution in [0.3, 0.4) is 0 Å². The summed E-state index contributed by atoms with van der Waals surface area (Å²) >= 11 is 7.02. The van der Waals surface area contributed by atoms with Gasteiger partial charge < -0.3 is 14.2 Å². The van der Waals surface area contributed by atoms with E-state index in [0.717, 1.165) is 11.8 Å². The highest BCUT2D eigenvalue weighted by molar-refractivity contribution is 8.18. The van der Waals surface area contributed by atoms with Crippen LogP contribution in [0.4, 0.5) is 4.79 Å². The maximum atomic E-state index is 11.7. The molecule has 3 rings (SSSR count). The number of thioether (sulfide) groups is 1. The first kappa shape index (κ1) is 19.8. The van der Waals surface area contributed by atoms with Crippen molar-refractivity contribution < 1.29 is 28.6 Å². The van der Waals surface area contributed by atoms with Crippen LogP contribution in [-0.4, -0.2) is 31.3 Å². The molecule has 0 radical (unpaired) electrons. The largest absolute Gasteiger partial charge is 0.493 e. The molecule has 0 aliphatic carbocycles. The van der Waals surface area contributed by atoms with Crippen LogP contribution in [-0.2, 0) is 9.53 Å². The minimum absolute atomic E-state index is 0.230. The number of carbonyl (C=O) groups excluding carboxylic acids is 3. The molecule has 2 aromatic carbocycles. The standard InChI is InChI=1S/C19H14ClNO6S/c1-25-15-7-10(8-16-17(22)21-19(24)28-16)3-5-14(15)27-13-6-4-11(9-12(13)20)18(23)26-2/h3-9H,1-2H3,(H,21,22,24)/b16-8-. The Morgan fingerprint density at radius 1 is 1.07 bits per heavy atom. The quantitative estimate of drug-likeness (QED) is 0.572. The van der Waals surface area contributed by atoms with Gasteiger partial charge in [0.2, 0.25) is 0 Å². The average Bonchev–Trinajstić information content (AvgIpc) is 3.00. The summed E-state index contributed by atoms with van der Waals surface area (Å²) in [7, 11) is 2.76. The van der Waals surface area contributed by atoms with Crippen molar-refractivity contribution in [3.8, 4) is 17.2 Å². The van der Waals surface area contributed by atoms with Gasteiger partial charge in [0.15, 0.2) is 11.5 Å². The van der Waals surface area contributed by atoms with Crippen molar-refractivity contribution in [2.75, 3.05) is 14.2 Å². The van der Waals surface area contributed by atoms with Gasteiger partial charge in [-0.3, -0.25) is 14.9 Å². The van der Waals surface area contributed by atoms with E-state index in [1.54, 1.807) is 30.3 Å². The second-order valence-corrected chi connectivity index (χ2v) is 6.92. The molecule has 1 N–H and O–H groups in total. The maximum absolute atomic E-state index is 11.7. The van der Waals surface area contributed by atoms with E-state index in [9.17, 15) is 14.4 Å². The number of carbonyl (C=O) groups is 3. The van der Waals surface area contributed by atoms with Gasteiger partial charge in [-0.2, -0.15) is 0 Å². The fraction of sp³-hybridized carbons (Fsp3) is 0.105. The van der Waals surface area contributed by atoms with Crippen LogP contribution in [0, 0.1) is 0 Å². The summed E-state index contributed by atoms with van der Waals surface area (Å²) in [5.74, 6) is 0.173. The SMILES string of the molecule is COC(=O)c1ccc(Oc2ccc(/C=C3\SC(=O)NC3=O)cc2OC)c(Cl)c1. The van der Waals surface area contributed by atoms with Gasteiger partial charge in [-0.1, -0.05) is 17.7 Å². The Bertz CT molecular complexity index is 1000. The Morgan fingerprint density at radius 3 is 2.43 bits per heavy atom. The fourth-order valence-corrected chi connectivity index (χ4v) is 3.28. The van der Waals surface area contributed by atoms with Gasteiger partial charge in [-0.05, 0) is 53.7 Å². The van der Waals surface area contributed by atoms with E-state index in [0.29, 0.717) is 33.3 Å². The van der Waals surface area contributed by atoms with Gasteiger partial charge in [-0.25, -0.2) is 4.79 Å². The fourth-order valence-electron chi connectivity index (χ4n) is 2.38. The molecule has 28 heavy (non-hydrogen) atoms. The van der Waals surface area contributed by atoms with E-state index >= 15 is 0 Å². The molecule has 0 saturated carbocycles. The summed E-state index contributed by atoms with van der Waals surface area (Å²) in [6, 6.07) is 9.55.